The summed E-state index contributed by atoms with van der Waals surface area (Å²) in [6.07, 6.45) is -2.90. The number of fused-ring (bicyclic) bond motifs is 1. The third-order valence-electron chi connectivity index (χ3n) is 4.02. The van der Waals surface area contributed by atoms with E-state index < -0.39 is 35.6 Å². The van der Waals surface area contributed by atoms with Gasteiger partial charge in [0.15, 0.2) is 22.9 Å². The predicted octanol–water partition coefficient (Wildman–Crippen LogP) is -1.94. The van der Waals surface area contributed by atoms with Crippen molar-refractivity contribution >= 4 is 17.1 Å². The van der Waals surface area contributed by atoms with Crippen LogP contribution in [0.1, 0.15) is 20.1 Å². The normalized spacial score (nSPS) is 31.0. The van der Waals surface area contributed by atoms with Gasteiger partial charge in [0, 0.05) is 0 Å². The van der Waals surface area contributed by atoms with E-state index in [0.717, 1.165) is 0 Å². The average molecular weight is 334 g/mol. The average Bonchev–Trinajstić information content (AvgIpc) is 3.00. The molecule has 0 spiro atoms. The Bertz CT molecular complexity index is 894. The summed E-state index contributed by atoms with van der Waals surface area (Å²) < 4.78 is 7.12. The van der Waals surface area contributed by atoms with Gasteiger partial charge in [-0.2, -0.15) is 4.98 Å². The zero-order valence-electron chi connectivity index (χ0n) is 13.1. The summed E-state index contributed by atoms with van der Waals surface area (Å²) in [5.41, 5.74) is 10.0. The standard InChI is InChI=1S/C14H18N6O4/c1-3-4-14(16)9(22)8(6(2)21)24-12(14)20-5-17-7-10(20)18-13(15)19-11(7)23/h5-6,8-9,12,21-22H,16H2,1-2H3,(H3,15,18,19,23)/t6-,8+,9?,12+,14?/m0/s1. The van der Waals surface area contributed by atoms with E-state index in [1.165, 1.54) is 17.8 Å². The zero-order chi connectivity index (χ0) is 17.6. The van der Waals surface area contributed by atoms with Gasteiger partial charge >= 0.3 is 0 Å². The molecule has 1 aliphatic rings. The van der Waals surface area contributed by atoms with E-state index in [2.05, 4.69) is 26.8 Å². The lowest BCUT2D eigenvalue weighted by atomic mass is 9.90. The van der Waals surface area contributed by atoms with Gasteiger partial charge in [-0.1, -0.05) is 5.92 Å². The van der Waals surface area contributed by atoms with Crippen molar-refractivity contribution in [3.63, 3.8) is 0 Å². The first kappa shape index (κ1) is 16.4. The maximum Gasteiger partial charge on any atom is 0.280 e. The Kier molecular flexibility index (Phi) is 3.81. The van der Waals surface area contributed by atoms with Gasteiger partial charge in [-0.05, 0) is 13.8 Å². The molecule has 0 bridgehead atoms. The molecular formula is C14H18N6O4. The van der Waals surface area contributed by atoms with Gasteiger partial charge in [-0.15, -0.1) is 5.92 Å². The molecule has 0 amide bonds. The van der Waals surface area contributed by atoms with E-state index in [0.29, 0.717) is 0 Å². The second kappa shape index (κ2) is 5.57. The molecule has 0 radical (unpaired) electrons. The molecule has 3 heterocycles. The molecule has 1 fully saturated rings. The molecule has 24 heavy (non-hydrogen) atoms. The number of hydrogen-bond donors (Lipinski definition) is 5. The Hall–Kier alpha value is -2.45. The first-order valence-electron chi connectivity index (χ1n) is 7.26. The highest BCUT2D eigenvalue weighted by atomic mass is 16.5. The maximum atomic E-state index is 11.9. The first-order chi connectivity index (χ1) is 11.3. The molecule has 5 atom stereocenters. The number of aromatic amines is 1. The minimum Gasteiger partial charge on any atom is -0.391 e. The number of hydrogen-bond acceptors (Lipinski definition) is 8. The lowest BCUT2D eigenvalue weighted by Gasteiger charge is -2.27. The Morgan fingerprint density at radius 2 is 2.29 bits per heavy atom. The molecule has 0 aliphatic carbocycles. The molecule has 1 aliphatic heterocycles. The van der Waals surface area contributed by atoms with E-state index in [-0.39, 0.29) is 17.1 Å². The number of imidazole rings is 1. The van der Waals surface area contributed by atoms with Gasteiger partial charge in [0.1, 0.15) is 12.2 Å². The molecule has 128 valence electrons. The Morgan fingerprint density at radius 1 is 1.58 bits per heavy atom. The second-order valence-electron chi connectivity index (χ2n) is 5.72. The Labute approximate surface area is 136 Å². The molecule has 2 aromatic heterocycles. The molecule has 2 unspecified atom stereocenters. The number of nitrogens with zero attached hydrogens (tertiary/aromatic N) is 3. The summed E-state index contributed by atoms with van der Waals surface area (Å²) in [4.78, 5) is 22.3. The van der Waals surface area contributed by atoms with Gasteiger partial charge in [-0.3, -0.25) is 14.3 Å². The van der Waals surface area contributed by atoms with Crippen molar-refractivity contribution in [3.05, 3.63) is 16.7 Å². The highest BCUT2D eigenvalue weighted by Crippen LogP contribution is 2.38. The van der Waals surface area contributed by atoms with Crippen molar-refractivity contribution in [1.29, 1.82) is 0 Å². The number of aromatic nitrogens is 4. The van der Waals surface area contributed by atoms with Crippen LogP contribution in [0.3, 0.4) is 0 Å². The number of aliphatic hydroxyl groups excluding tert-OH is 2. The number of anilines is 1. The fourth-order valence-electron chi connectivity index (χ4n) is 2.89. The first-order valence-corrected chi connectivity index (χ1v) is 7.26. The summed E-state index contributed by atoms with van der Waals surface area (Å²) in [6.45, 7) is 3.05. The number of H-pyrrole nitrogens is 1. The Balaban J connectivity index is 2.20. The van der Waals surface area contributed by atoms with Crippen molar-refractivity contribution in [2.24, 2.45) is 5.73 Å². The van der Waals surface area contributed by atoms with Crippen LogP contribution in [0, 0.1) is 11.8 Å². The summed E-state index contributed by atoms with van der Waals surface area (Å²) in [6, 6.07) is 0. The number of nitrogens with two attached hydrogens (primary N) is 2. The van der Waals surface area contributed by atoms with Crippen molar-refractivity contribution < 1.29 is 14.9 Å². The molecular weight excluding hydrogens is 316 g/mol. The SMILES string of the molecule is CC#CC1(N)C(O)[C@@H]([C@H](C)O)O[C@H]1n1cnc2c(=O)[nH]c(N)nc21. The summed E-state index contributed by atoms with van der Waals surface area (Å²) in [7, 11) is 0. The summed E-state index contributed by atoms with van der Waals surface area (Å²) in [5.74, 6) is 5.30. The van der Waals surface area contributed by atoms with Crippen molar-refractivity contribution in [3.8, 4) is 11.8 Å². The number of nitrogen functional groups attached to an aromatic ring is 1. The van der Waals surface area contributed by atoms with Crippen LogP contribution < -0.4 is 17.0 Å². The van der Waals surface area contributed by atoms with E-state index in [1.54, 1.807) is 6.92 Å². The third kappa shape index (κ3) is 2.26. The van der Waals surface area contributed by atoms with Crippen LogP contribution in [-0.4, -0.2) is 53.6 Å². The van der Waals surface area contributed by atoms with Gasteiger partial charge in [0.2, 0.25) is 5.95 Å². The summed E-state index contributed by atoms with van der Waals surface area (Å²) in [5, 5.41) is 20.3. The summed E-state index contributed by atoms with van der Waals surface area (Å²) >= 11 is 0. The number of aliphatic hydroxyl groups is 2. The van der Waals surface area contributed by atoms with Gasteiger partial charge < -0.3 is 26.4 Å². The monoisotopic (exact) mass is 334 g/mol. The lowest BCUT2D eigenvalue weighted by Crippen LogP contribution is -2.54. The van der Waals surface area contributed by atoms with Crippen molar-refractivity contribution in [2.45, 2.75) is 43.9 Å². The fourth-order valence-corrected chi connectivity index (χ4v) is 2.89. The van der Waals surface area contributed by atoms with Gasteiger partial charge in [0.05, 0.1) is 12.4 Å². The zero-order valence-corrected chi connectivity index (χ0v) is 13.1. The molecule has 2 aromatic rings. The lowest BCUT2D eigenvalue weighted by molar-refractivity contribution is -0.0756. The van der Waals surface area contributed by atoms with Crippen LogP contribution in [0.4, 0.5) is 5.95 Å². The predicted molar refractivity (Wildman–Crippen MR) is 84.5 cm³/mol. The number of nitrogens with one attached hydrogen (secondary N) is 1. The van der Waals surface area contributed by atoms with E-state index in [4.69, 9.17) is 16.2 Å². The molecule has 0 saturated carbocycles. The van der Waals surface area contributed by atoms with Crippen molar-refractivity contribution in [2.75, 3.05) is 5.73 Å². The second-order valence-corrected chi connectivity index (χ2v) is 5.72. The van der Waals surface area contributed by atoms with Crippen LogP contribution in [0.15, 0.2) is 11.1 Å². The number of ether oxygens (including phenoxy) is 1. The van der Waals surface area contributed by atoms with Crippen molar-refractivity contribution in [1.82, 2.24) is 19.5 Å². The smallest absolute Gasteiger partial charge is 0.280 e. The highest BCUT2D eigenvalue weighted by Gasteiger charge is 2.55. The topological polar surface area (TPSA) is 165 Å². The molecule has 10 heteroatoms. The van der Waals surface area contributed by atoms with Crippen LogP contribution in [0.2, 0.25) is 0 Å². The molecule has 10 nitrogen and oxygen atoms in total. The van der Waals surface area contributed by atoms with Crippen LogP contribution in [0.5, 0.6) is 0 Å². The van der Waals surface area contributed by atoms with Crippen LogP contribution >= 0.6 is 0 Å². The third-order valence-corrected chi connectivity index (χ3v) is 4.02. The minimum atomic E-state index is -1.52. The maximum absolute atomic E-state index is 11.9. The van der Waals surface area contributed by atoms with Crippen LogP contribution in [-0.2, 0) is 4.74 Å². The van der Waals surface area contributed by atoms with E-state index in [9.17, 15) is 15.0 Å². The van der Waals surface area contributed by atoms with E-state index >= 15 is 0 Å². The molecule has 7 N–H and O–H groups in total. The minimum absolute atomic E-state index is 0.0506. The van der Waals surface area contributed by atoms with Gasteiger partial charge in [0.25, 0.3) is 5.56 Å². The fraction of sp³-hybridized carbons (Fsp3) is 0.500. The largest absolute Gasteiger partial charge is 0.391 e. The Morgan fingerprint density at radius 3 is 2.92 bits per heavy atom. The van der Waals surface area contributed by atoms with Gasteiger partial charge in [-0.25, -0.2) is 4.98 Å². The van der Waals surface area contributed by atoms with E-state index in [1.807, 2.05) is 0 Å². The molecule has 1 saturated heterocycles. The highest BCUT2D eigenvalue weighted by molar-refractivity contribution is 5.70. The molecule has 0 aromatic carbocycles. The number of rotatable bonds is 2. The van der Waals surface area contributed by atoms with Crippen LogP contribution in [0.25, 0.3) is 11.2 Å². The quantitative estimate of drug-likeness (QED) is 0.396. The molecule has 3 rings (SSSR count).